The molecule has 0 heterocycles. The van der Waals surface area contributed by atoms with E-state index in [4.69, 9.17) is 4.74 Å². The Morgan fingerprint density at radius 1 is 1.31 bits per heavy atom. The minimum absolute atomic E-state index is 0.203. The van der Waals surface area contributed by atoms with E-state index in [9.17, 15) is 14.7 Å². The van der Waals surface area contributed by atoms with Gasteiger partial charge in [-0.05, 0) is 26.2 Å². The van der Waals surface area contributed by atoms with Crippen LogP contribution in [0.25, 0.3) is 0 Å². The van der Waals surface area contributed by atoms with E-state index in [0.717, 1.165) is 19.3 Å². The fraction of sp³-hybridized carbons (Fsp3) is 0.833. The maximum absolute atomic E-state index is 11.9. The van der Waals surface area contributed by atoms with Crippen LogP contribution in [-0.4, -0.2) is 23.1 Å². The van der Waals surface area contributed by atoms with E-state index in [1.54, 1.807) is 6.92 Å². The molecule has 1 atom stereocenters. The molecule has 16 heavy (non-hydrogen) atoms. The lowest BCUT2D eigenvalue weighted by atomic mass is 9.74. The third-order valence-electron chi connectivity index (χ3n) is 3.39. The molecule has 0 aromatic heterocycles. The van der Waals surface area contributed by atoms with Crippen molar-refractivity contribution in [3.8, 4) is 0 Å². The van der Waals surface area contributed by atoms with E-state index in [-0.39, 0.29) is 6.10 Å². The van der Waals surface area contributed by atoms with Crippen LogP contribution in [0.15, 0.2) is 0 Å². The van der Waals surface area contributed by atoms with E-state index in [1.165, 1.54) is 0 Å². The lowest BCUT2D eigenvalue weighted by Crippen LogP contribution is -2.43. The molecular formula is C12H20O4. The number of carboxylic acid groups (broad SMARTS) is 1. The van der Waals surface area contributed by atoms with Gasteiger partial charge in [0, 0.05) is 0 Å². The van der Waals surface area contributed by atoms with E-state index in [0.29, 0.717) is 19.3 Å². The zero-order chi connectivity index (χ0) is 12.2. The predicted molar refractivity (Wildman–Crippen MR) is 59.0 cm³/mol. The summed E-state index contributed by atoms with van der Waals surface area (Å²) in [6.07, 6.45) is 3.93. The maximum Gasteiger partial charge on any atom is 0.323 e. The predicted octanol–water partition coefficient (Wildman–Crippen LogP) is 2.36. The first kappa shape index (κ1) is 13.0. The molecule has 0 radical (unpaired) electrons. The second-order valence-corrected chi connectivity index (χ2v) is 4.57. The van der Waals surface area contributed by atoms with Crippen molar-refractivity contribution in [2.75, 3.05) is 0 Å². The van der Waals surface area contributed by atoms with Crippen LogP contribution in [-0.2, 0) is 14.3 Å². The highest BCUT2D eigenvalue weighted by atomic mass is 16.5. The number of aliphatic carboxylic acids is 1. The topological polar surface area (TPSA) is 63.6 Å². The van der Waals surface area contributed by atoms with Crippen molar-refractivity contribution in [1.29, 1.82) is 0 Å². The highest BCUT2D eigenvalue weighted by Gasteiger charge is 2.48. The molecule has 0 spiro atoms. The van der Waals surface area contributed by atoms with Crippen molar-refractivity contribution in [3.05, 3.63) is 0 Å². The Bertz CT molecular complexity index is 266. The standard InChI is InChI=1S/C12H20O4/c1-3-9(2)16-11(15)12(10(13)14)7-5-4-6-8-12/h9H,3-8H2,1-2H3,(H,13,14). The summed E-state index contributed by atoms with van der Waals surface area (Å²) in [7, 11) is 0. The number of hydrogen-bond donors (Lipinski definition) is 1. The normalized spacial score (nSPS) is 21.1. The number of ether oxygens (including phenoxy) is 1. The molecule has 0 aromatic carbocycles. The number of rotatable bonds is 4. The number of carbonyl (C=O) groups is 2. The summed E-state index contributed by atoms with van der Waals surface area (Å²) in [5, 5.41) is 9.24. The van der Waals surface area contributed by atoms with Gasteiger partial charge in [-0.2, -0.15) is 0 Å². The van der Waals surface area contributed by atoms with Crippen LogP contribution < -0.4 is 0 Å². The average molecular weight is 228 g/mol. The lowest BCUT2D eigenvalue weighted by molar-refractivity contribution is -0.174. The molecular weight excluding hydrogens is 208 g/mol. The van der Waals surface area contributed by atoms with Gasteiger partial charge in [-0.1, -0.05) is 26.2 Å². The van der Waals surface area contributed by atoms with Crippen LogP contribution in [0.4, 0.5) is 0 Å². The van der Waals surface area contributed by atoms with Crippen molar-refractivity contribution < 1.29 is 19.4 Å². The zero-order valence-electron chi connectivity index (χ0n) is 9.99. The minimum Gasteiger partial charge on any atom is -0.480 e. The molecule has 0 saturated heterocycles. The Morgan fingerprint density at radius 3 is 2.31 bits per heavy atom. The molecule has 1 aliphatic rings. The first-order chi connectivity index (χ1) is 7.53. The van der Waals surface area contributed by atoms with Crippen molar-refractivity contribution in [2.24, 2.45) is 5.41 Å². The molecule has 1 rings (SSSR count). The summed E-state index contributed by atoms with van der Waals surface area (Å²) >= 11 is 0. The molecule has 1 unspecified atom stereocenters. The van der Waals surface area contributed by atoms with Gasteiger partial charge < -0.3 is 9.84 Å². The van der Waals surface area contributed by atoms with Gasteiger partial charge >= 0.3 is 11.9 Å². The molecule has 1 N–H and O–H groups in total. The molecule has 1 saturated carbocycles. The zero-order valence-corrected chi connectivity index (χ0v) is 9.99. The fourth-order valence-corrected chi connectivity index (χ4v) is 2.04. The summed E-state index contributed by atoms with van der Waals surface area (Å²) in [5.41, 5.74) is -1.28. The van der Waals surface area contributed by atoms with Crippen LogP contribution >= 0.6 is 0 Å². The summed E-state index contributed by atoms with van der Waals surface area (Å²) in [4.78, 5) is 23.2. The molecule has 4 nitrogen and oxygen atoms in total. The number of esters is 1. The van der Waals surface area contributed by atoms with Crippen LogP contribution in [0.5, 0.6) is 0 Å². The highest BCUT2D eigenvalue weighted by molar-refractivity contribution is 5.99. The van der Waals surface area contributed by atoms with Gasteiger partial charge in [0.05, 0.1) is 6.10 Å². The molecule has 0 aliphatic heterocycles. The molecule has 0 aromatic rings. The van der Waals surface area contributed by atoms with Gasteiger partial charge in [-0.25, -0.2) is 0 Å². The smallest absolute Gasteiger partial charge is 0.323 e. The molecule has 1 fully saturated rings. The Kier molecular flexibility index (Phi) is 4.33. The Balaban J connectivity index is 2.76. The van der Waals surface area contributed by atoms with E-state index < -0.39 is 17.4 Å². The Labute approximate surface area is 96.0 Å². The minimum atomic E-state index is -1.28. The van der Waals surface area contributed by atoms with Crippen molar-refractivity contribution in [1.82, 2.24) is 0 Å². The molecule has 0 amide bonds. The molecule has 4 heteroatoms. The Hall–Kier alpha value is -1.06. The van der Waals surface area contributed by atoms with Gasteiger partial charge in [0.15, 0.2) is 5.41 Å². The average Bonchev–Trinajstić information content (AvgIpc) is 2.29. The van der Waals surface area contributed by atoms with E-state index in [1.807, 2.05) is 6.92 Å². The van der Waals surface area contributed by atoms with Gasteiger partial charge in [-0.3, -0.25) is 9.59 Å². The van der Waals surface area contributed by atoms with Crippen molar-refractivity contribution in [3.63, 3.8) is 0 Å². The quantitative estimate of drug-likeness (QED) is 0.592. The second kappa shape index (κ2) is 5.32. The number of carboxylic acids is 1. The molecule has 92 valence electrons. The highest BCUT2D eigenvalue weighted by Crippen LogP contribution is 2.38. The molecule has 0 bridgehead atoms. The SMILES string of the molecule is CCC(C)OC(=O)C1(C(=O)O)CCCCC1. The Morgan fingerprint density at radius 2 is 1.88 bits per heavy atom. The summed E-state index contributed by atoms with van der Waals surface area (Å²) in [6.45, 7) is 3.70. The van der Waals surface area contributed by atoms with Crippen LogP contribution in [0.3, 0.4) is 0 Å². The first-order valence-corrected chi connectivity index (χ1v) is 5.97. The van der Waals surface area contributed by atoms with Gasteiger partial charge in [0.1, 0.15) is 0 Å². The monoisotopic (exact) mass is 228 g/mol. The maximum atomic E-state index is 11.9. The van der Waals surface area contributed by atoms with E-state index >= 15 is 0 Å². The fourth-order valence-electron chi connectivity index (χ4n) is 2.04. The van der Waals surface area contributed by atoms with Crippen molar-refractivity contribution >= 4 is 11.9 Å². The summed E-state index contributed by atoms with van der Waals surface area (Å²) < 4.78 is 5.18. The first-order valence-electron chi connectivity index (χ1n) is 5.97. The van der Waals surface area contributed by atoms with Gasteiger partial charge in [0.25, 0.3) is 0 Å². The van der Waals surface area contributed by atoms with Crippen LogP contribution in [0.2, 0.25) is 0 Å². The summed E-state index contributed by atoms with van der Waals surface area (Å²) in [6, 6.07) is 0. The van der Waals surface area contributed by atoms with Gasteiger partial charge in [-0.15, -0.1) is 0 Å². The van der Waals surface area contributed by atoms with Crippen molar-refractivity contribution in [2.45, 2.75) is 58.5 Å². The summed E-state index contributed by atoms with van der Waals surface area (Å²) in [5.74, 6) is -1.57. The number of hydrogen-bond acceptors (Lipinski definition) is 3. The lowest BCUT2D eigenvalue weighted by Gasteiger charge is -2.31. The van der Waals surface area contributed by atoms with Crippen LogP contribution in [0, 0.1) is 5.41 Å². The second-order valence-electron chi connectivity index (χ2n) is 4.57. The van der Waals surface area contributed by atoms with Crippen LogP contribution in [0.1, 0.15) is 52.4 Å². The third-order valence-corrected chi connectivity index (χ3v) is 3.39. The van der Waals surface area contributed by atoms with E-state index in [2.05, 4.69) is 0 Å². The third kappa shape index (κ3) is 2.54. The molecule has 1 aliphatic carbocycles. The number of carbonyl (C=O) groups excluding carboxylic acids is 1. The van der Waals surface area contributed by atoms with Gasteiger partial charge in [0.2, 0.25) is 0 Å². The largest absolute Gasteiger partial charge is 0.480 e.